The van der Waals surface area contributed by atoms with Gasteiger partial charge in [-0.15, -0.1) is 5.10 Å². The Morgan fingerprint density at radius 3 is 2.55 bits per heavy atom. The number of hydrogen-bond acceptors (Lipinski definition) is 3. The van der Waals surface area contributed by atoms with Crippen molar-refractivity contribution in [3.05, 3.63) is 54.1 Å². The Hall–Kier alpha value is -2.62. The fraction of sp³-hybridized carbons (Fsp3) is 0.222. The molecule has 2 aromatic carbocycles. The van der Waals surface area contributed by atoms with E-state index in [1.807, 2.05) is 11.7 Å². The fourth-order valence-electron chi connectivity index (χ4n) is 3.25. The molecule has 0 atom stereocenters. The third-order valence-corrected chi connectivity index (χ3v) is 4.34. The fourth-order valence-corrected chi connectivity index (χ4v) is 3.25. The maximum Gasteiger partial charge on any atom is 0.121 e. The summed E-state index contributed by atoms with van der Waals surface area (Å²) in [4.78, 5) is 2.41. The number of rotatable bonds is 1. The maximum atomic E-state index is 4.44. The van der Waals surface area contributed by atoms with Crippen molar-refractivity contribution in [2.24, 2.45) is 7.05 Å². The van der Waals surface area contributed by atoms with Crippen LogP contribution in [0.3, 0.4) is 0 Å². The molecular formula is C18H18N4. The zero-order valence-corrected chi connectivity index (χ0v) is 12.8. The van der Waals surface area contributed by atoms with Gasteiger partial charge in [-0.2, -0.15) is 0 Å². The molecule has 3 aromatic rings. The van der Waals surface area contributed by atoms with Gasteiger partial charge in [0.05, 0.1) is 5.69 Å². The topological polar surface area (TPSA) is 34.0 Å². The van der Waals surface area contributed by atoms with E-state index in [0.29, 0.717) is 0 Å². The summed E-state index contributed by atoms with van der Waals surface area (Å²) in [6, 6.07) is 17.0. The molecule has 22 heavy (non-hydrogen) atoms. The van der Waals surface area contributed by atoms with Gasteiger partial charge in [-0.25, -0.2) is 4.68 Å². The molecule has 1 aliphatic rings. The molecule has 0 bridgehead atoms. The molecule has 0 fully saturated rings. The van der Waals surface area contributed by atoms with Gasteiger partial charge in [0, 0.05) is 37.0 Å². The lowest BCUT2D eigenvalue weighted by atomic mass is 9.96. The first-order valence-electron chi connectivity index (χ1n) is 7.62. The number of anilines is 1. The first-order valence-corrected chi connectivity index (χ1v) is 7.62. The lowest BCUT2D eigenvalue weighted by Gasteiger charge is -2.29. The van der Waals surface area contributed by atoms with E-state index in [2.05, 4.69) is 70.7 Å². The minimum atomic E-state index is 0.889. The number of nitrogens with zero attached hydrogens (tertiary/aromatic N) is 4. The van der Waals surface area contributed by atoms with E-state index in [1.54, 1.807) is 0 Å². The lowest BCUT2D eigenvalue weighted by molar-refractivity contribution is 0.720. The van der Waals surface area contributed by atoms with Crippen LogP contribution in [0.1, 0.15) is 12.5 Å². The summed E-state index contributed by atoms with van der Waals surface area (Å²) in [7, 11) is 1.96. The standard InChI is InChI=1S/C18H18N4/c1-3-22-12-13-8-4-5-9-14(13)17-18(21(2)20-19-17)15-10-6-7-11-16(15)22/h4-11H,3,12H2,1-2H3. The van der Waals surface area contributed by atoms with Crippen LogP contribution < -0.4 is 4.90 Å². The van der Waals surface area contributed by atoms with E-state index in [4.69, 9.17) is 0 Å². The van der Waals surface area contributed by atoms with Crippen LogP contribution in [0, 0.1) is 0 Å². The van der Waals surface area contributed by atoms with Gasteiger partial charge in [-0.3, -0.25) is 0 Å². The molecule has 0 saturated heterocycles. The Morgan fingerprint density at radius 2 is 1.73 bits per heavy atom. The molecule has 0 saturated carbocycles. The number of para-hydroxylation sites is 1. The third kappa shape index (κ3) is 1.84. The highest BCUT2D eigenvalue weighted by Crippen LogP contribution is 2.40. The van der Waals surface area contributed by atoms with E-state index >= 15 is 0 Å². The molecule has 4 rings (SSSR count). The Balaban J connectivity index is 2.09. The molecule has 2 heterocycles. The average molecular weight is 290 g/mol. The monoisotopic (exact) mass is 290 g/mol. The number of benzene rings is 2. The molecular weight excluding hydrogens is 272 g/mol. The highest BCUT2D eigenvalue weighted by molar-refractivity contribution is 5.87. The second-order valence-corrected chi connectivity index (χ2v) is 5.60. The second-order valence-electron chi connectivity index (χ2n) is 5.60. The van der Waals surface area contributed by atoms with Crippen LogP contribution in [0.5, 0.6) is 0 Å². The van der Waals surface area contributed by atoms with Crippen LogP contribution in [0.2, 0.25) is 0 Å². The molecule has 4 heteroatoms. The van der Waals surface area contributed by atoms with E-state index in [-0.39, 0.29) is 0 Å². The molecule has 0 N–H and O–H groups in total. The first kappa shape index (κ1) is 13.1. The van der Waals surface area contributed by atoms with Crippen LogP contribution in [-0.4, -0.2) is 21.5 Å². The summed E-state index contributed by atoms with van der Waals surface area (Å²) < 4.78 is 1.88. The molecule has 1 aliphatic heterocycles. The van der Waals surface area contributed by atoms with Gasteiger partial charge >= 0.3 is 0 Å². The average Bonchev–Trinajstić information content (AvgIpc) is 2.92. The number of aryl methyl sites for hydroxylation is 1. The van der Waals surface area contributed by atoms with Crippen molar-refractivity contribution in [3.63, 3.8) is 0 Å². The van der Waals surface area contributed by atoms with Gasteiger partial charge in [0.2, 0.25) is 0 Å². The number of aromatic nitrogens is 3. The zero-order valence-electron chi connectivity index (χ0n) is 12.8. The normalized spacial score (nSPS) is 12.9. The van der Waals surface area contributed by atoms with Gasteiger partial charge in [-0.1, -0.05) is 47.7 Å². The quantitative estimate of drug-likeness (QED) is 0.688. The maximum absolute atomic E-state index is 4.44. The third-order valence-electron chi connectivity index (χ3n) is 4.34. The summed E-state index contributed by atoms with van der Waals surface area (Å²) in [5.41, 5.74) is 6.97. The Bertz CT molecular complexity index is 835. The van der Waals surface area contributed by atoms with Crippen molar-refractivity contribution in [3.8, 4) is 22.5 Å². The van der Waals surface area contributed by atoms with Crippen molar-refractivity contribution in [2.75, 3.05) is 11.4 Å². The van der Waals surface area contributed by atoms with Crippen molar-refractivity contribution in [1.82, 2.24) is 15.0 Å². The highest BCUT2D eigenvalue weighted by atomic mass is 15.4. The summed E-state index contributed by atoms with van der Waals surface area (Å²) >= 11 is 0. The predicted octanol–water partition coefficient (Wildman–Crippen LogP) is 3.49. The largest absolute Gasteiger partial charge is 0.367 e. The van der Waals surface area contributed by atoms with Crippen LogP contribution in [0.25, 0.3) is 22.5 Å². The molecule has 0 radical (unpaired) electrons. The summed E-state index contributed by atoms with van der Waals surface area (Å²) in [5.74, 6) is 0. The Labute approximate surface area is 130 Å². The highest BCUT2D eigenvalue weighted by Gasteiger charge is 2.24. The molecule has 0 unspecified atom stereocenters. The summed E-state index contributed by atoms with van der Waals surface area (Å²) in [5, 5.41) is 8.72. The molecule has 4 nitrogen and oxygen atoms in total. The van der Waals surface area contributed by atoms with E-state index in [9.17, 15) is 0 Å². The van der Waals surface area contributed by atoms with Crippen LogP contribution >= 0.6 is 0 Å². The van der Waals surface area contributed by atoms with Crippen LogP contribution in [0.4, 0.5) is 5.69 Å². The molecule has 110 valence electrons. The first-order chi connectivity index (χ1) is 10.8. The van der Waals surface area contributed by atoms with Gasteiger partial charge in [0.25, 0.3) is 0 Å². The summed E-state index contributed by atoms with van der Waals surface area (Å²) in [6.07, 6.45) is 0. The van der Waals surface area contributed by atoms with Crippen molar-refractivity contribution in [1.29, 1.82) is 0 Å². The summed E-state index contributed by atoms with van der Waals surface area (Å²) in [6.45, 7) is 4.05. The number of fused-ring (bicyclic) bond motifs is 5. The lowest BCUT2D eigenvalue weighted by Crippen LogP contribution is -2.24. The molecule has 0 spiro atoms. The van der Waals surface area contributed by atoms with Crippen molar-refractivity contribution in [2.45, 2.75) is 13.5 Å². The van der Waals surface area contributed by atoms with E-state index < -0.39 is 0 Å². The smallest absolute Gasteiger partial charge is 0.121 e. The van der Waals surface area contributed by atoms with Crippen LogP contribution in [0.15, 0.2) is 48.5 Å². The van der Waals surface area contributed by atoms with Gasteiger partial charge < -0.3 is 4.90 Å². The van der Waals surface area contributed by atoms with E-state index in [0.717, 1.165) is 24.5 Å². The van der Waals surface area contributed by atoms with Gasteiger partial charge in [0.15, 0.2) is 0 Å². The Kier molecular flexibility index (Phi) is 2.96. The van der Waals surface area contributed by atoms with Crippen molar-refractivity contribution >= 4 is 5.69 Å². The number of hydrogen-bond donors (Lipinski definition) is 0. The molecule has 0 aliphatic carbocycles. The minimum absolute atomic E-state index is 0.889. The van der Waals surface area contributed by atoms with E-state index in [1.165, 1.54) is 22.4 Å². The SMILES string of the molecule is CCN1Cc2ccccc2-c2nnn(C)c2-c2ccccc21. The molecule has 1 aromatic heterocycles. The minimum Gasteiger partial charge on any atom is -0.367 e. The molecule has 0 amide bonds. The predicted molar refractivity (Wildman–Crippen MR) is 88.6 cm³/mol. The second kappa shape index (κ2) is 4.98. The van der Waals surface area contributed by atoms with Gasteiger partial charge in [-0.05, 0) is 18.6 Å². The van der Waals surface area contributed by atoms with Crippen LogP contribution in [-0.2, 0) is 13.6 Å². The Morgan fingerprint density at radius 1 is 1.00 bits per heavy atom. The zero-order chi connectivity index (χ0) is 15.1. The van der Waals surface area contributed by atoms with Gasteiger partial charge in [0.1, 0.15) is 5.69 Å². The van der Waals surface area contributed by atoms with Crippen molar-refractivity contribution < 1.29 is 0 Å².